The summed E-state index contributed by atoms with van der Waals surface area (Å²) < 4.78 is 0. The first-order valence-electron chi connectivity index (χ1n) is 6.22. The number of phenolic OH excluding ortho intramolecular Hbond substituents is 1. The Labute approximate surface area is 116 Å². The Morgan fingerprint density at radius 1 is 1.37 bits per heavy atom. The Morgan fingerprint density at radius 2 is 2.21 bits per heavy atom. The molecule has 0 aliphatic carbocycles. The van der Waals surface area contributed by atoms with Crippen molar-refractivity contribution in [2.24, 2.45) is 0 Å². The zero-order valence-electron chi connectivity index (χ0n) is 10.8. The van der Waals surface area contributed by atoms with E-state index in [1.807, 2.05) is 18.4 Å². The second-order valence-corrected chi connectivity index (χ2v) is 5.43. The van der Waals surface area contributed by atoms with Gasteiger partial charge in [-0.3, -0.25) is 4.79 Å². The number of aromatic hydroxyl groups is 1. The summed E-state index contributed by atoms with van der Waals surface area (Å²) in [5.74, 6) is 0.171. The fraction of sp³-hybridized carbons (Fsp3) is 0.267. The third-order valence-corrected chi connectivity index (χ3v) is 3.54. The van der Waals surface area contributed by atoms with Gasteiger partial charge in [0, 0.05) is 6.04 Å². The summed E-state index contributed by atoms with van der Waals surface area (Å²) in [6.07, 6.45) is 1.14. The normalized spacial score (nSPS) is 12.1. The number of hydrogen-bond acceptors (Lipinski definition) is 3. The van der Waals surface area contributed by atoms with Crippen LogP contribution in [0.5, 0.6) is 5.75 Å². The minimum Gasteiger partial charge on any atom is -0.508 e. The van der Waals surface area contributed by atoms with Crippen LogP contribution < -0.4 is 5.32 Å². The van der Waals surface area contributed by atoms with Crippen molar-refractivity contribution in [1.82, 2.24) is 5.32 Å². The lowest BCUT2D eigenvalue weighted by Gasteiger charge is -2.13. The highest BCUT2D eigenvalue weighted by atomic mass is 32.1. The molecule has 0 bridgehead atoms. The van der Waals surface area contributed by atoms with Crippen molar-refractivity contribution in [2.75, 3.05) is 0 Å². The number of carbonyl (C=O) groups is 1. The van der Waals surface area contributed by atoms with Gasteiger partial charge in [0.2, 0.25) is 5.91 Å². The molecule has 1 aromatic heterocycles. The molecule has 0 aliphatic heterocycles. The number of hydrogen-bond donors (Lipinski definition) is 2. The van der Waals surface area contributed by atoms with Crippen molar-refractivity contribution in [3.05, 3.63) is 52.2 Å². The van der Waals surface area contributed by atoms with E-state index < -0.39 is 0 Å². The van der Waals surface area contributed by atoms with E-state index in [4.69, 9.17) is 0 Å². The first kappa shape index (κ1) is 13.6. The molecule has 2 rings (SSSR count). The maximum atomic E-state index is 11.9. The molecule has 1 aromatic carbocycles. The summed E-state index contributed by atoms with van der Waals surface area (Å²) in [5.41, 5.74) is 2.07. The summed E-state index contributed by atoms with van der Waals surface area (Å²) in [6.45, 7) is 2.00. The molecule has 1 atom stereocenters. The molecule has 0 spiro atoms. The Kier molecular flexibility index (Phi) is 4.58. The predicted octanol–water partition coefficient (Wildman–Crippen LogP) is 2.74. The molecule has 3 nitrogen and oxygen atoms in total. The molecule has 19 heavy (non-hydrogen) atoms. The highest BCUT2D eigenvalue weighted by Crippen LogP contribution is 2.12. The first-order valence-corrected chi connectivity index (χ1v) is 7.16. The lowest BCUT2D eigenvalue weighted by molar-refractivity contribution is -0.121. The zero-order chi connectivity index (χ0) is 13.7. The van der Waals surface area contributed by atoms with Gasteiger partial charge in [-0.05, 0) is 53.4 Å². The molecule has 1 heterocycles. The summed E-state index contributed by atoms with van der Waals surface area (Å²) in [6, 6.07) is 8.97. The van der Waals surface area contributed by atoms with Crippen molar-refractivity contribution < 1.29 is 9.90 Å². The number of benzene rings is 1. The summed E-state index contributed by atoms with van der Waals surface area (Å²) in [4.78, 5) is 11.9. The van der Waals surface area contributed by atoms with E-state index >= 15 is 0 Å². The van der Waals surface area contributed by atoms with Gasteiger partial charge in [-0.1, -0.05) is 12.1 Å². The third-order valence-electron chi connectivity index (χ3n) is 2.80. The van der Waals surface area contributed by atoms with Crippen molar-refractivity contribution in [2.45, 2.75) is 25.8 Å². The largest absolute Gasteiger partial charge is 0.508 e. The predicted molar refractivity (Wildman–Crippen MR) is 77.4 cm³/mol. The van der Waals surface area contributed by atoms with Gasteiger partial charge in [0.05, 0.1) is 6.42 Å². The number of rotatable bonds is 5. The molecule has 2 aromatic rings. The van der Waals surface area contributed by atoms with Crippen molar-refractivity contribution in [1.29, 1.82) is 0 Å². The van der Waals surface area contributed by atoms with Crippen LogP contribution in [0.15, 0.2) is 41.1 Å². The summed E-state index contributed by atoms with van der Waals surface area (Å²) in [5, 5.41) is 16.5. The highest BCUT2D eigenvalue weighted by molar-refractivity contribution is 7.07. The van der Waals surface area contributed by atoms with Crippen LogP contribution >= 0.6 is 11.3 Å². The second-order valence-electron chi connectivity index (χ2n) is 4.65. The molecule has 4 heteroatoms. The quantitative estimate of drug-likeness (QED) is 0.881. The zero-order valence-corrected chi connectivity index (χ0v) is 11.6. The minimum atomic E-state index is -0.0201. The molecule has 1 amide bonds. The van der Waals surface area contributed by atoms with Gasteiger partial charge in [0.25, 0.3) is 0 Å². The molecular formula is C15H17NO2S. The molecule has 0 aliphatic rings. The minimum absolute atomic E-state index is 0.0201. The average Bonchev–Trinajstić information content (AvgIpc) is 2.81. The standard InChI is InChI=1S/C15H17NO2S/c1-11(7-13-5-6-19-10-13)16-15(18)9-12-3-2-4-14(17)8-12/h2-6,8,10-11,17H,7,9H2,1H3,(H,16,18). The lowest BCUT2D eigenvalue weighted by Crippen LogP contribution is -2.35. The van der Waals surface area contributed by atoms with E-state index in [2.05, 4.69) is 16.8 Å². The van der Waals surface area contributed by atoms with Crippen LogP contribution in [-0.2, 0) is 17.6 Å². The van der Waals surface area contributed by atoms with Crippen LogP contribution in [0.2, 0.25) is 0 Å². The molecule has 100 valence electrons. The summed E-state index contributed by atoms with van der Waals surface area (Å²) >= 11 is 1.66. The van der Waals surface area contributed by atoms with Crippen LogP contribution in [-0.4, -0.2) is 17.1 Å². The number of amides is 1. The molecule has 1 unspecified atom stereocenters. The first-order chi connectivity index (χ1) is 9.13. The van der Waals surface area contributed by atoms with Gasteiger partial charge in [0.1, 0.15) is 5.75 Å². The maximum Gasteiger partial charge on any atom is 0.224 e. The Morgan fingerprint density at radius 3 is 2.89 bits per heavy atom. The Hall–Kier alpha value is -1.81. The van der Waals surface area contributed by atoms with Crippen molar-refractivity contribution >= 4 is 17.2 Å². The Balaban J connectivity index is 1.84. The van der Waals surface area contributed by atoms with Crippen molar-refractivity contribution in [3.8, 4) is 5.75 Å². The van der Waals surface area contributed by atoms with E-state index in [0.717, 1.165) is 12.0 Å². The van der Waals surface area contributed by atoms with Gasteiger partial charge in [-0.15, -0.1) is 0 Å². The van der Waals surface area contributed by atoms with Crippen LogP contribution in [0.25, 0.3) is 0 Å². The SMILES string of the molecule is CC(Cc1ccsc1)NC(=O)Cc1cccc(O)c1. The van der Waals surface area contributed by atoms with Gasteiger partial charge >= 0.3 is 0 Å². The number of carbonyl (C=O) groups excluding carboxylic acids is 1. The lowest BCUT2D eigenvalue weighted by atomic mass is 10.1. The van der Waals surface area contributed by atoms with Crippen LogP contribution in [0.1, 0.15) is 18.1 Å². The monoisotopic (exact) mass is 275 g/mol. The molecule has 2 N–H and O–H groups in total. The van der Waals surface area contributed by atoms with E-state index in [0.29, 0.717) is 6.42 Å². The fourth-order valence-corrected chi connectivity index (χ4v) is 2.67. The highest BCUT2D eigenvalue weighted by Gasteiger charge is 2.09. The fourth-order valence-electron chi connectivity index (χ4n) is 1.99. The number of phenols is 1. The van der Waals surface area contributed by atoms with Crippen LogP contribution in [0.4, 0.5) is 0 Å². The van der Waals surface area contributed by atoms with Gasteiger partial charge in [-0.2, -0.15) is 11.3 Å². The van der Waals surface area contributed by atoms with Crippen LogP contribution in [0, 0.1) is 0 Å². The van der Waals surface area contributed by atoms with Crippen molar-refractivity contribution in [3.63, 3.8) is 0 Å². The Bertz CT molecular complexity index is 537. The molecule has 0 saturated heterocycles. The van der Waals surface area contributed by atoms with E-state index in [1.165, 1.54) is 5.56 Å². The smallest absolute Gasteiger partial charge is 0.224 e. The molecule has 0 saturated carbocycles. The van der Waals surface area contributed by atoms with Gasteiger partial charge in [0.15, 0.2) is 0 Å². The summed E-state index contributed by atoms with van der Waals surface area (Å²) in [7, 11) is 0. The second kappa shape index (κ2) is 6.38. The molecule has 0 radical (unpaired) electrons. The number of nitrogens with one attached hydrogen (secondary N) is 1. The van der Waals surface area contributed by atoms with Gasteiger partial charge in [-0.25, -0.2) is 0 Å². The molecular weight excluding hydrogens is 258 g/mol. The average molecular weight is 275 g/mol. The van der Waals surface area contributed by atoms with Gasteiger partial charge < -0.3 is 10.4 Å². The van der Waals surface area contributed by atoms with E-state index in [1.54, 1.807) is 29.5 Å². The van der Waals surface area contributed by atoms with Crippen LogP contribution in [0.3, 0.4) is 0 Å². The number of thiophene rings is 1. The maximum absolute atomic E-state index is 11.9. The third kappa shape index (κ3) is 4.41. The van der Waals surface area contributed by atoms with E-state index in [-0.39, 0.29) is 17.7 Å². The topological polar surface area (TPSA) is 49.3 Å². The van der Waals surface area contributed by atoms with E-state index in [9.17, 15) is 9.90 Å². The molecule has 0 fully saturated rings.